The topological polar surface area (TPSA) is 69.3 Å². The normalized spacial score (nSPS) is 10.7. The van der Waals surface area contributed by atoms with Crippen LogP contribution < -0.4 is 10.1 Å². The number of allylic oxidation sites excluding steroid dienone is 1. The fourth-order valence-corrected chi connectivity index (χ4v) is 3.39. The van der Waals surface area contributed by atoms with E-state index in [1.165, 1.54) is 0 Å². The predicted molar refractivity (Wildman–Crippen MR) is 124 cm³/mol. The summed E-state index contributed by atoms with van der Waals surface area (Å²) in [5.41, 5.74) is 1.99. The van der Waals surface area contributed by atoms with Crippen molar-refractivity contribution in [3.63, 3.8) is 0 Å². The second-order valence-corrected chi connectivity index (χ2v) is 7.51. The Morgan fingerprint density at radius 1 is 1.09 bits per heavy atom. The molecule has 0 fully saturated rings. The zero-order valence-electron chi connectivity index (χ0n) is 17.3. The molecule has 1 N–H and O–H groups in total. The molecule has 4 rings (SSSR count). The first-order valence-electron chi connectivity index (χ1n) is 10.1. The largest absolute Gasteiger partial charge is 0.485 e. The van der Waals surface area contributed by atoms with Crippen LogP contribution in [0.2, 0.25) is 5.02 Å². The highest BCUT2D eigenvalue weighted by Gasteiger charge is 2.14. The number of aromatic nitrogens is 2. The molecule has 0 aliphatic carbocycles. The molecular formula is C25H22ClN3O3. The van der Waals surface area contributed by atoms with Gasteiger partial charge in [0.1, 0.15) is 18.1 Å². The molecule has 0 radical (unpaired) electrons. The first-order valence-corrected chi connectivity index (χ1v) is 10.5. The molecular weight excluding hydrogens is 426 g/mol. The van der Waals surface area contributed by atoms with Crippen LogP contribution in [0.4, 0.5) is 5.82 Å². The number of hydrogen-bond donors (Lipinski definition) is 1. The quantitative estimate of drug-likeness (QED) is 0.332. The first-order chi connectivity index (χ1) is 15.6. The highest BCUT2D eigenvalue weighted by atomic mass is 35.5. The number of benzene rings is 2. The van der Waals surface area contributed by atoms with E-state index in [1.54, 1.807) is 29.1 Å². The Morgan fingerprint density at radius 3 is 2.69 bits per heavy atom. The van der Waals surface area contributed by atoms with Crippen molar-refractivity contribution in [3.05, 3.63) is 113 Å². The number of furan rings is 1. The molecule has 0 aliphatic rings. The maximum Gasteiger partial charge on any atom is 0.292 e. The van der Waals surface area contributed by atoms with Crippen LogP contribution in [0.15, 0.2) is 90.0 Å². The number of ether oxygens (including phenoxy) is 1. The van der Waals surface area contributed by atoms with Crippen molar-refractivity contribution >= 4 is 23.3 Å². The van der Waals surface area contributed by atoms with Gasteiger partial charge >= 0.3 is 0 Å². The number of carbonyl (C=O) groups excluding carboxylic acids is 1. The second kappa shape index (κ2) is 10.0. The molecule has 1 amide bonds. The zero-order valence-corrected chi connectivity index (χ0v) is 18.1. The second-order valence-electron chi connectivity index (χ2n) is 7.10. The van der Waals surface area contributed by atoms with Crippen LogP contribution in [0.25, 0.3) is 0 Å². The molecule has 0 saturated carbocycles. The molecule has 32 heavy (non-hydrogen) atoms. The van der Waals surface area contributed by atoms with Gasteiger partial charge in [-0.1, -0.05) is 54.1 Å². The Morgan fingerprint density at radius 2 is 1.88 bits per heavy atom. The summed E-state index contributed by atoms with van der Waals surface area (Å²) in [6.07, 6.45) is 4.32. The van der Waals surface area contributed by atoms with Crippen molar-refractivity contribution in [1.29, 1.82) is 0 Å². The van der Waals surface area contributed by atoms with Crippen LogP contribution in [0.1, 0.15) is 27.4 Å². The molecule has 0 atom stereocenters. The molecule has 162 valence electrons. The lowest BCUT2D eigenvalue weighted by atomic mass is 10.1. The fraction of sp³-hybridized carbons (Fsp3) is 0.120. The highest BCUT2D eigenvalue weighted by molar-refractivity contribution is 6.31. The number of para-hydroxylation sites is 1. The Hall–Kier alpha value is -3.77. The van der Waals surface area contributed by atoms with E-state index in [2.05, 4.69) is 17.0 Å². The number of nitrogens with zero attached hydrogens (tertiary/aromatic N) is 2. The van der Waals surface area contributed by atoms with Crippen LogP contribution in [0.3, 0.4) is 0 Å². The van der Waals surface area contributed by atoms with Gasteiger partial charge in [0.25, 0.3) is 5.91 Å². The standard InChI is InChI=1S/C25H22ClN3O3/c1-2-7-18-8-4-6-11-22(18)31-17-20-12-13-23(32-20)25(30)27-24-14-15-29(28-24)16-19-9-3-5-10-21(19)26/h2-6,8-15H,1,7,16-17H2,(H,27,28,30). The van der Waals surface area contributed by atoms with Gasteiger partial charge in [-0.05, 0) is 41.8 Å². The molecule has 7 heteroatoms. The van der Waals surface area contributed by atoms with E-state index >= 15 is 0 Å². The van der Waals surface area contributed by atoms with Crippen molar-refractivity contribution in [3.8, 4) is 5.75 Å². The number of carbonyl (C=O) groups is 1. The van der Waals surface area contributed by atoms with Crippen molar-refractivity contribution < 1.29 is 13.9 Å². The van der Waals surface area contributed by atoms with Crippen molar-refractivity contribution in [1.82, 2.24) is 9.78 Å². The van der Waals surface area contributed by atoms with E-state index in [9.17, 15) is 4.79 Å². The van der Waals surface area contributed by atoms with E-state index in [4.69, 9.17) is 20.8 Å². The summed E-state index contributed by atoms with van der Waals surface area (Å²) in [6, 6.07) is 20.4. The SMILES string of the molecule is C=CCc1ccccc1OCc1ccc(C(=O)Nc2ccn(Cc3ccccc3Cl)n2)o1. The minimum atomic E-state index is -0.383. The predicted octanol–water partition coefficient (Wildman–Crippen LogP) is 5.74. The van der Waals surface area contributed by atoms with Gasteiger partial charge in [0.15, 0.2) is 11.6 Å². The van der Waals surface area contributed by atoms with Crippen molar-refractivity contribution in [2.24, 2.45) is 0 Å². The lowest BCUT2D eigenvalue weighted by molar-refractivity contribution is 0.0992. The van der Waals surface area contributed by atoms with Gasteiger partial charge < -0.3 is 14.5 Å². The number of hydrogen-bond acceptors (Lipinski definition) is 4. The van der Waals surface area contributed by atoms with E-state index in [-0.39, 0.29) is 18.3 Å². The van der Waals surface area contributed by atoms with E-state index in [0.717, 1.165) is 16.9 Å². The smallest absolute Gasteiger partial charge is 0.292 e. The fourth-order valence-electron chi connectivity index (χ4n) is 3.19. The van der Waals surface area contributed by atoms with Gasteiger partial charge in [0, 0.05) is 17.3 Å². The third-order valence-corrected chi connectivity index (χ3v) is 5.13. The first kappa shape index (κ1) is 21.5. The van der Waals surface area contributed by atoms with E-state index in [1.807, 2.05) is 54.6 Å². The third-order valence-electron chi connectivity index (χ3n) is 4.76. The van der Waals surface area contributed by atoms with Gasteiger partial charge in [-0.25, -0.2) is 0 Å². The van der Waals surface area contributed by atoms with Crippen molar-refractivity contribution in [2.75, 3.05) is 5.32 Å². The number of halogens is 1. The molecule has 0 bridgehead atoms. The van der Waals surface area contributed by atoms with Gasteiger partial charge in [-0.15, -0.1) is 6.58 Å². The third kappa shape index (κ3) is 5.28. The van der Waals surface area contributed by atoms with Crippen LogP contribution in [-0.2, 0) is 19.6 Å². The molecule has 2 aromatic heterocycles. The molecule has 2 heterocycles. The average molecular weight is 448 g/mol. The number of amides is 1. The van der Waals surface area contributed by atoms with Crippen LogP contribution in [-0.4, -0.2) is 15.7 Å². The molecule has 0 unspecified atom stereocenters. The Kier molecular flexibility index (Phi) is 6.72. The monoisotopic (exact) mass is 447 g/mol. The Labute approximate surface area is 191 Å². The van der Waals surface area contributed by atoms with Gasteiger partial charge in [-0.3, -0.25) is 9.48 Å². The molecule has 0 spiro atoms. The Bertz CT molecular complexity index is 1230. The highest BCUT2D eigenvalue weighted by Crippen LogP contribution is 2.21. The summed E-state index contributed by atoms with van der Waals surface area (Å²) >= 11 is 6.20. The summed E-state index contributed by atoms with van der Waals surface area (Å²) in [5.74, 6) is 1.54. The summed E-state index contributed by atoms with van der Waals surface area (Å²) in [4.78, 5) is 12.5. The Balaban J connectivity index is 1.35. The minimum Gasteiger partial charge on any atom is -0.485 e. The molecule has 6 nitrogen and oxygen atoms in total. The van der Waals surface area contributed by atoms with Crippen LogP contribution in [0, 0.1) is 0 Å². The molecule has 4 aromatic rings. The van der Waals surface area contributed by atoms with Crippen LogP contribution in [0.5, 0.6) is 5.75 Å². The van der Waals surface area contributed by atoms with E-state index < -0.39 is 0 Å². The summed E-state index contributed by atoms with van der Waals surface area (Å²) in [6.45, 7) is 4.49. The lowest BCUT2D eigenvalue weighted by Crippen LogP contribution is -2.12. The number of nitrogens with one attached hydrogen (secondary N) is 1. The molecule has 0 saturated heterocycles. The van der Waals surface area contributed by atoms with Gasteiger partial charge in [0.2, 0.25) is 0 Å². The molecule has 2 aromatic carbocycles. The lowest BCUT2D eigenvalue weighted by Gasteiger charge is -2.08. The van der Waals surface area contributed by atoms with Gasteiger partial charge in [0.05, 0.1) is 6.54 Å². The zero-order chi connectivity index (χ0) is 22.3. The maximum atomic E-state index is 12.5. The van der Waals surface area contributed by atoms with Gasteiger partial charge in [-0.2, -0.15) is 5.10 Å². The average Bonchev–Trinajstić information content (AvgIpc) is 3.45. The van der Waals surface area contributed by atoms with Crippen LogP contribution >= 0.6 is 11.6 Å². The minimum absolute atomic E-state index is 0.184. The summed E-state index contributed by atoms with van der Waals surface area (Å²) in [7, 11) is 0. The van der Waals surface area contributed by atoms with Crippen molar-refractivity contribution in [2.45, 2.75) is 19.6 Å². The maximum absolute atomic E-state index is 12.5. The molecule has 0 aliphatic heterocycles. The number of anilines is 1. The number of rotatable bonds is 9. The summed E-state index contributed by atoms with van der Waals surface area (Å²) < 4.78 is 13.2. The summed E-state index contributed by atoms with van der Waals surface area (Å²) in [5, 5.41) is 7.79. The van der Waals surface area contributed by atoms with E-state index in [0.29, 0.717) is 29.6 Å².